The molecule has 1 saturated heterocycles. The van der Waals surface area contributed by atoms with Crippen molar-refractivity contribution >= 4 is 17.4 Å². The number of hydrogen-bond acceptors (Lipinski definition) is 4. The number of likely N-dealkylation sites (N-methyl/N-ethyl adjacent to an activating group) is 1. The van der Waals surface area contributed by atoms with Crippen LogP contribution < -0.4 is 5.32 Å². The lowest BCUT2D eigenvalue weighted by molar-refractivity contribution is 0.0643. The van der Waals surface area contributed by atoms with Gasteiger partial charge in [0.05, 0.1) is 5.56 Å². The Morgan fingerprint density at radius 2 is 1.62 bits per heavy atom. The zero-order chi connectivity index (χ0) is 21.0. The van der Waals surface area contributed by atoms with E-state index in [9.17, 15) is 4.79 Å². The molecule has 2 aromatic rings. The molecular formula is C24H34N4O. The van der Waals surface area contributed by atoms with Crippen LogP contribution >= 0.6 is 0 Å². The van der Waals surface area contributed by atoms with Crippen molar-refractivity contribution in [2.75, 3.05) is 38.0 Å². The molecule has 0 bridgehead atoms. The standard InChI is InChI=1S/C24H34N4O/c1-6-27-12-14-28(15-13-27)24(29)19-10-11-22(25-16-19)26-23-20(17(2)3)8-7-9-21(23)18(4)5/h7-11,16-18H,6,12-15H2,1-5H3,(H,25,26). The molecule has 1 amide bonds. The molecule has 1 fully saturated rings. The molecule has 1 aromatic carbocycles. The maximum atomic E-state index is 12.8. The molecule has 3 rings (SSSR count). The summed E-state index contributed by atoms with van der Waals surface area (Å²) in [6.07, 6.45) is 1.70. The Kier molecular flexibility index (Phi) is 6.91. The quantitative estimate of drug-likeness (QED) is 0.761. The number of para-hydroxylation sites is 1. The Hall–Kier alpha value is -2.40. The van der Waals surface area contributed by atoms with Gasteiger partial charge in [-0.3, -0.25) is 4.79 Å². The number of amides is 1. The number of nitrogens with one attached hydrogen (secondary N) is 1. The van der Waals surface area contributed by atoms with Gasteiger partial charge in [-0.1, -0.05) is 52.8 Å². The minimum atomic E-state index is 0.0743. The largest absolute Gasteiger partial charge is 0.340 e. The third kappa shape index (κ3) is 4.96. The van der Waals surface area contributed by atoms with Gasteiger partial charge in [0.1, 0.15) is 5.82 Å². The molecule has 1 aliphatic heterocycles. The van der Waals surface area contributed by atoms with E-state index in [1.54, 1.807) is 6.20 Å². The summed E-state index contributed by atoms with van der Waals surface area (Å²) >= 11 is 0. The van der Waals surface area contributed by atoms with E-state index in [-0.39, 0.29) is 5.91 Å². The van der Waals surface area contributed by atoms with Gasteiger partial charge in [0.2, 0.25) is 0 Å². The van der Waals surface area contributed by atoms with Crippen molar-refractivity contribution in [2.24, 2.45) is 0 Å². The maximum Gasteiger partial charge on any atom is 0.255 e. The molecule has 1 N–H and O–H groups in total. The van der Waals surface area contributed by atoms with Crippen molar-refractivity contribution in [2.45, 2.75) is 46.5 Å². The van der Waals surface area contributed by atoms with E-state index in [0.717, 1.165) is 44.2 Å². The monoisotopic (exact) mass is 394 g/mol. The van der Waals surface area contributed by atoms with Gasteiger partial charge < -0.3 is 15.1 Å². The Labute approximate surface area is 175 Å². The zero-order valence-electron chi connectivity index (χ0n) is 18.4. The number of rotatable bonds is 6. The first-order valence-corrected chi connectivity index (χ1v) is 10.8. The van der Waals surface area contributed by atoms with Crippen molar-refractivity contribution in [1.29, 1.82) is 0 Å². The number of aromatic nitrogens is 1. The Bertz CT molecular complexity index is 795. The molecule has 5 nitrogen and oxygen atoms in total. The number of pyridine rings is 1. The molecule has 0 radical (unpaired) electrons. The second kappa shape index (κ2) is 9.40. The fourth-order valence-electron chi connectivity index (χ4n) is 3.87. The lowest BCUT2D eigenvalue weighted by Crippen LogP contribution is -2.48. The summed E-state index contributed by atoms with van der Waals surface area (Å²) in [5.74, 6) is 1.68. The van der Waals surface area contributed by atoms with Crippen molar-refractivity contribution in [3.63, 3.8) is 0 Å². The van der Waals surface area contributed by atoms with Crippen LogP contribution in [0.4, 0.5) is 11.5 Å². The van der Waals surface area contributed by atoms with Crippen LogP contribution in [0.25, 0.3) is 0 Å². The van der Waals surface area contributed by atoms with E-state index in [0.29, 0.717) is 17.4 Å². The summed E-state index contributed by atoms with van der Waals surface area (Å²) in [6.45, 7) is 15.5. The number of carbonyl (C=O) groups is 1. The van der Waals surface area contributed by atoms with Crippen LogP contribution in [0.5, 0.6) is 0 Å². The van der Waals surface area contributed by atoms with Crippen molar-refractivity contribution in [3.8, 4) is 0 Å². The van der Waals surface area contributed by atoms with Gasteiger partial charge in [-0.2, -0.15) is 0 Å². The van der Waals surface area contributed by atoms with E-state index in [1.807, 2.05) is 17.0 Å². The Morgan fingerprint density at radius 1 is 1.00 bits per heavy atom. The molecule has 2 heterocycles. The molecule has 29 heavy (non-hydrogen) atoms. The van der Waals surface area contributed by atoms with Crippen LogP contribution in [0.15, 0.2) is 36.5 Å². The smallest absolute Gasteiger partial charge is 0.255 e. The fourth-order valence-corrected chi connectivity index (χ4v) is 3.87. The zero-order valence-corrected chi connectivity index (χ0v) is 18.4. The lowest BCUT2D eigenvalue weighted by Gasteiger charge is -2.34. The first kappa shape index (κ1) is 21.3. The number of hydrogen-bond donors (Lipinski definition) is 1. The molecular weight excluding hydrogens is 360 g/mol. The summed E-state index contributed by atoms with van der Waals surface area (Å²) in [5.41, 5.74) is 4.36. The highest BCUT2D eigenvalue weighted by Gasteiger charge is 2.21. The topological polar surface area (TPSA) is 48.5 Å². The van der Waals surface area contributed by atoms with Crippen molar-refractivity contribution < 1.29 is 4.79 Å². The first-order valence-electron chi connectivity index (χ1n) is 10.8. The van der Waals surface area contributed by atoms with Gasteiger partial charge in [-0.25, -0.2) is 4.98 Å². The third-order valence-corrected chi connectivity index (χ3v) is 5.74. The van der Waals surface area contributed by atoms with Gasteiger partial charge in [-0.05, 0) is 41.6 Å². The normalized spacial score (nSPS) is 15.2. The van der Waals surface area contributed by atoms with E-state index in [1.165, 1.54) is 11.1 Å². The predicted octanol–water partition coefficient (Wildman–Crippen LogP) is 4.85. The van der Waals surface area contributed by atoms with E-state index in [2.05, 4.69) is 68.0 Å². The minimum absolute atomic E-state index is 0.0743. The molecule has 0 aliphatic carbocycles. The Balaban J connectivity index is 1.76. The van der Waals surface area contributed by atoms with Gasteiger partial charge in [0.15, 0.2) is 0 Å². The summed E-state index contributed by atoms with van der Waals surface area (Å²) in [5, 5.41) is 3.52. The van der Waals surface area contributed by atoms with Crippen LogP contribution in [0.1, 0.15) is 67.9 Å². The maximum absolute atomic E-state index is 12.8. The van der Waals surface area contributed by atoms with Gasteiger partial charge in [0, 0.05) is 38.1 Å². The van der Waals surface area contributed by atoms with Gasteiger partial charge in [-0.15, -0.1) is 0 Å². The molecule has 1 aromatic heterocycles. The summed E-state index contributed by atoms with van der Waals surface area (Å²) in [7, 11) is 0. The molecule has 156 valence electrons. The number of carbonyl (C=O) groups excluding carboxylic acids is 1. The number of piperazine rings is 1. The van der Waals surface area contributed by atoms with Crippen molar-refractivity contribution in [3.05, 3.63) is 53.2 Å². The molecule has 0 unspecified atom stereocenters. The van der Waals surface area contributed by atoms with Crippen LogP contribution in [0.2, 0.25) is 0 Å². The van der Waals surface area contributed by atoms with E-state index in [4.69, 9.17) is 0 Å². The third-order valence-electron chi connectivity index (χ3n) is 5.74. The fraction of sp³-hybridized carbons (Fsp3) is 0.500. The van der Waals surface area contributed by atoms with Gasteiger partial charge >= 0.3 is 0 Å². The van der Waals surface area contributed by atoms with Crippen molar-refractivity contribution in [1.82, 2.24) is 14.8 Å². The van der Waals surface area contributed by atoms with Crippen LogP contribution in [0.3, 0.4) is 0 Å². The number of nitrogens with zero attached hydrogens (tertiary/aromatic N) is 3. The SMILES string of the molecule is CCN1CCN(C(=O)c2ccc(Nc3c(C(C)C)cccc3C(C)C)nc2)CC1. The second-order valence-corrected chi connectivity index (χ2v) is 8.40. The van der Waals surface area contributed by atoms with E-state index >= 15 is 0 Å². The number of anilines is 2. The summed E-state index contributed by atoms with van der Waals surface area (Å²) < 4.78 is 0. The first-order chi connectivity index (χ1) is 13.9. The van der Waals surface area contributed by atoms with E-state index < -0.39 is 0 Å². The average Bonchev–Trinajstić information content (AvgIpc) is 2.73. The van der Waals surface area contributed by atoms with Crippen LogP contribution in [-0.4, -0.2) is 53.4 Å². The lowest BCUT2D eigenvalue weighted by atomic mass is 9.92. The van der Waals surface area contributed by atoms with Gasteiger partial charge in [0.25, 0.3) is 5.91 Å². The highest BCUT2D eigenvalue weighted by Crippen LogP contribution is 2.34. The van der Waals surface area contributed by atoms with Crippen LogP contribution in [-0.2, 0) is 0 Å². The highest BCUT2D eigenvalue weighted by molar-refractivity contribution is 5.94. The highest BCUT2D eigenvalue weighted by atomic mass is 16.2. The summed E-state index contributed by atoms with van der Waals surface area (Å²) in [6, 6.07) is 10.3. The molecule has 0 spiro atoms. The predicted molar refractivity (Wildman–Crippen MR) is 120 cm³/mol. The van der Waals surface area contributed by atoms with Crippen LogP contribution in [0, 0.1) is 0 Å². The molecule has 0 atom stereocenters. The molecule has 1 aliphatic rings. The summed E-state index contributed by atoms with van der Waals surface area (Å²) in [4.78, 5) is 21.7. The molecule has 0 saturated carbocycles. The second-order valence-electron chi connectivity index (χ2n) is 8.40. The number of benzene rings is 1. The minimum Gasteiger partial charge on any atom is -0.340 e. The Morgan fingerprint density at radius 3 is 2.10 bits per heavy atom. The molecule has 5 heteroatoms. The average molecular weight is 395 g/mol.